The molecule has 0 radical (unpaired) electrons. The zero-order valence-corrected chi connectivity index (χ0v) is 12.7. The van der Waals surface area contributed by atoms with Crippen molar-refractivity contribution in [1.82, 2.24) is 5.32 Å². The van der Waals surface area contributed by atoms with Crippen LogP contribution >= 0.6 is 0 Å². The van der Waals surface area contributed by atoms with Crippen molar-refractivity contribution in [2.24, 2.45) is 0 Å². The molecule has 21 heavy (non-hydrogen) atoms. The summed E-state index contributed by atoms with van der Waals surface area (Å²) in [5, 5.41) is 12.7. The van der Waals surface area contributed by atoms with Crippen LogP contribution in [-0.2, 0) is 4.79 Å². The van der Waals surface area contributed by atoms with E-state index in [0.29, 0.717) is 11.3 Å². The summed E-state index contributed by atoms with van der Waals surface area (Å²) < 4.78 is 5.58. The molecule has 2 N–H and O–H groups in total. The molecule has 0 bridgehead atoms. The number of hydrogen-bond acceptors (Lipinski definition) is 3. The zero-order valence-electron chi connectivity index (χ0n) is 12.7. The summed E-state index contributed by atoms with van der Waals surface area (Å²) >= 11 is 0. The minimum Gasteiger partial charge on any atom is -0.491 e. The number of amides is 1. The summed E-state index contributed by atoms with van der Waals surface area (Å²) in [5.41, 5.74) is 0.714. The fourth-order valence-corrected chi connectivity index (χ4v) is 1.70. The van der Waals surface area contributed by atoms with Gasteiger partial charge in [0.1, 0.15) is 5.75 Å². The van der Waals surface area contributed by atoms with Crippen LogP contribution in [-0.4, -0.2) is 23.7 Å². The summed E-state index contributed by atoms with van der Waals surface area (Å²) in [5.74, 6) is 0.475. The van der Waals surface area contributed by atoms with Gasteiger partial charge in [0.05, 0.1) is 12.2 Å². The van der Waals surface area contributed by atoms with Crippen molar-refractivity contribution in [3.63, 3.8) is 0 Å². The smallest absolute Gasteiger partial charge is 0.244 e. The second-order valence-electron chi connectivity index (χ2n) is 4.88. The van der Waals surface area contributed by atoms with E-state index in [1.165, 1.54) is 6.08 Å². The molecular weight excluding hydrogens is 266 g/mol. The Kier molecular flexibility index (Phi) is 7.26. The van der Waals surface area contributed by atoms with Crippen LogP contribution in [0.1, 0.15) is 32.4 Å². The quantitative estimate of drug-likeness (QED) is 0.599. The Morgan fingerprint density at radius 2 is 2.14 bits per heavy atom. The summed E-state index contributed by atoms with van der Waals surface area (Å²) in [6, 6.07) is 7.25. The van der Waals surface area contributed by atoms with Gasteiger partial charge in [0, 0.05) is 12.6 Å². The first kappa shape index (κ1) is 17.0. The number of carbonyl (C=O) groups is 1. The molecule has 4 heteroatoms. The van der Waals surface area contributed by atoms with Crippen LogP contribution in [0.25, 0.3) is 0 Å². The number of allylic oxidation sites excluding steroid dienone is 3. The van der Waals surface area contributed by atoms with E-state index in [1.807, 2.05) is 39.0 Å². The molecule has 0 spiro atoms. The number of carbonyl (C=O) groups excluding carboxylic acids is 1. The third kappa shape index (κ3) is 6.77. The standard InChI is InChI=1S/C17H23NO3/c1-4-5-6-10-17(20)18-12-16(19)14-8-7-9-15(11-14)21-13(2)3/h4-11,13,16,19H,12H2,1-3H3,(H,18,20). The first-order valence-corrected chi connectivity index (χ1v) is 7.04. The first-order chi connectivity index (χ1) is 10.0. The molecule has 1 amide bonds. The zero-order chi connectivity index (χ0) is 15.7. The second-order valence-corrected chi connectivity index (χ2v) is 4.88. The summed E-state index contributed by atoms with van der Waals surface area (Å²) in [6.07, 6.45) is 5.99. The van der Waals surface area contributed by atoms with Gasteiger partial charge in [-0.3, -0.25) is 4.79 Å². The Morgan fingerprint density at radius 1 is 1.38 bits per heavy atom. The Balaban J connectivity index is 2.55. The molecule has 1 rings (SSSR count). The largest absolute Gasteiger partial charge is 0.491 e. The molecule has 0 heterocycles. The van der Waals surface area contributed by atoms with Crippen molar-refractivity contribution >= 4 is 5.91 Å². The number of aliphatic hydroxyl groups excluding tert-OH is 1. The van der Waals surface area contributed by atoms with Gasteiger partial charge in [0.25, 0.3) is 0 Å². The van der Waals surface area contributed by atoms with Gasteiger partial charge in [-0.25, -0.2) is 0 Å². The van der Waals surface area contributed by atoms with Crippen LogP contribution in [0.15, 0.2) is 48.6 Å². The van der Waals surface area contributed by atoms with Crippen molar-refractivity contribution in [3.8, 4) is 5.75 Å². The number of aliphatic hydroxyl groups is 1. The monoisotopic (exact) mass is 289 g/mol. The van der Waals surface area contributed by atoms with Gasteiger partial charge in [-0.15, -0.1) is 0 Å². The minimum atomic E-state index is -0.764. The topological polar surface area (TPSA) is 58.6 Å². The van der Waals surface area contributed by atoms with E-state index in [2.05, 4.69) is 5.32 Å². The third-order valence-electron chi connectivity index (χ3n) is 2.64. The average Bonchev–Trinajstić information content (AvgIpc) is 2.44. The fraction of sp³-hybridized carbons (Fsp3) is 0.353. The highest BCUT2D eigenvalue weighted by Crippen LogP contribution is 2.19. The maximum absolute atomic E-state index is 11.5. The van der Waals surface area contributed by atoms with Crippen LogP contribution in [0.3, 0.4) is 0 Å². The lowest BCUT2D eigenvalue weighted by Gasteiger charge is -2.14. The van der Waals surface area contributed by atoms with E-state index < -0.39 is 6.10 Å². The predicted octanol–water partition coefficient (Wildman–Crippen LogP) is 2.76. The van der Waals surface area contributed by atoms with E-state index in [1.54, 1.807) is 24.3 Å². The van der Waals surface area contributed by atoms with Gasteiger partial charge in [0.15, 0.2) is 0 Å². The van der Waals surface area contributed by atoms with Crippen molar-refractivity contribution < 1.29 is 14.6 Å². The van der Waals surface area contributed by atoms with Crippen molar-refractivity contribution in [1.29, 1.82) is 0 Å². The summed E-state index contributed by atoms with van der Waals surface area (Å²) in [6.45, 7) is 5.92. The van der Waals surface area contributed by atoms with Crippen LogP contribution in [0.5, 0.6) is 5.75 Å². The number of ether oxygens (including phenoxy) is 1. The van der Waals surface area contributed by atoms with Gasteiger partial charge in [-0.1, -0.05) is 30.4 Å². The molecule has 0 fully saturated rings. The number of hydrogen-bond donors (Lipinski definition) is 2. The molecular formula is C17H23NO3. The lowest BCUT2D eigenvalue weighted by atomic mass is 10.1. The van der Waals surface area contributed by atoms with E-state index in [4.69, 9.17) is 4.74 Å². The maximum Gasteiger partial charge on any atom is 0.244 e. The Bertz CT molecular complexity index is 507. The van der Waals surface area contributed by atoms with Gasteiger partial charge in [0.2, 0.25) is 5.91 Å². The lowest BCUT2D eigenvalue weighted by molar-refractivity contribution is -0.116. The molecule has 1 unspecified atom stereocenters. The molecule has 4 nitrogen and oxygen atoms in total. The van der Waals surface area contributed by atoms with E-state index in [9.17, 15) is 9.90 Å². The van der Waals surface area contributed by atoms with Crippen molar-refractivity contribution in [3.05, 3.63) is 54.1 Å². The Hall–Kier alpha value is -2.07. The van der Waals surface area contributed by atoms with E-state index in [0.717, 1.165) is 0 Å². The number of benzene rings is 1. The molecule has 0 aliphatic carbocycles. The Labute approximate surface area is 126 Å². The van der Waals surface area contributed by atoms with E-state index >= 15 is 0 Å². The highest BCUT2D eigenvalue weighted by atomic mass is 16.5. The van der Waals surface area contributed by atoms with Gasteiger partial charge in [-0.05, 0) is 38.5 Å². The van der Waals surface area contributed by atoms with Gasteiger partial charge >= 0.3 is 0 Å². The van der Waals surface area contributed by atoms with Crippen LogP contribution in [0.4, 0.5) is 0 Å². The van der Waals surface area contributed by atoms with Crippen LogP contribution in [0, 0.1) is 0 Å². The molecule has 0 aliphatic heterocycles. The molecule has 0 aliphatic rings. The predicted molar refractivity (Wildman–Crippen MR) is 84.1 cm³/mol. The maximum atomic E-state index is 11.5. The number of nitrogens with one attached hydrogen (secondary N) is 1. The second kappa shape index (κ2) is 8.97. The molecule has 1 aromatic carbocycles. The molecule has 0 aromatic heterocycles. The fourth-order valence-electron chi connectivity index (χ4n) is 1.70. The number of rotatable bonds is 7. The summed E-state index contributed by atoms with van der Waals surface area (Å²) in [7, 11) is 0. The van der Waals surface area contributed by atoms with E-state index in [-0.39, 0.29) is 18.6 Å². The first-order valence-electron chi connectivity index (χ1n) is 7.04. The van der Waals surface area contributed by atoms with Crippen LogP contribution < -0.4 is 10.1 Å². The summed E-state index contributed by atoms with van der Waals surface area (Å²) in [4.78, 5) is 11.5. The highest BCUT2D eigenvalue weighted by molar-refractivity contribution is 5.87. The normalized spacial score (nSPS) is 13.0. The third-order valence-corrected chi connectivity index (χ3v) is 2.64. The molecule has 1 aromatic rings. The minimum absolute atomic E-state index is 0.0776. The average molecular weight is 289 g/mol. The molecule has 0 saturated heterocycles. The highest BCUT2D eigenvalue weighted by Gasteiger charge is 2.09. The molecule has 114 valence electrons. The van der Waals surface area contributed by atoms with Crippen LogP contribution in [0.2, 0.25) is 0 Å². The van der Waals surface area contributed by atoms with Crippen molar-refractivity contribution in [2.45, 2.75) is 33.0 Å². The van der Waals surface area contributed by atoms with Gasteiger partial charge < -0.3 is 15.2 Å². The lowest BCUT2D eigenvalue weighted by Crippen LogP contribution is -2.26. The van der Waals surface area contributed by atoms with Gasteiger partial charge in [-0.2, -0.15) is 0 Å². The Morgan fingerprint density at radius 3 is 2.81 bits per heavy atom. The van der Waals surface area contributed by atoms with Crippen molar-refractivity contribution in [2.75, 3.05) is 6.54 Å². The molecule has 0 saturated carbocycles. The molecule has 1 atom stereocenters. The SMILES string of the molecule is CC=CC=CC(=O)NCC(O)c1cccc(OC(C)C)c1.